The maximum absolute atomic E-state index is 11.3. The molecule has 0 heterocycles. The van der Waals surface area contributed by atoms with Crippen LogP contribution < -0.4 is 0 Å². The minimum atomic E-state index is -0.280. The van der Waals surface area contributed by atoms with Crippen molar-refractivity contribution < 1.29 is 14.3 Å². The van der Waals surface area contributed by atoms with Gasteiger partial charge in [0.05, 0.1) is 13.2 Å². The van der Waals surface area contributed by atoms with E-state index in [9.17, 15) is 4.79 Å². The van der Waals surface area contributed by atoms with Gasteiger partial charge in [-0.3, -0.25) is 0 Å². The predicted octanol–water partition coefficient (Wildman–Crippen LogP) is 2.31. The Morgan fingerprint density at radius 1 is 1.47 bits per heavy atom. The number of esters is 1. The molecule has 0 bridgehead atoms. The fourth-order valence-corrected chi connectivity index (χ4v) is 2.15. The minimum absolute atomic E-state index is 0.239. The Hall–Kier alpha value is -0.830. The molecule has 86 valence electrons. The Labute approximate surface area is 91.4 Å². The second-order valence-corrected chi connectivity index (χ2v) is 3.96. The van der Waals surface area contributed by atoms with Crippen LogP contribution in [0.2, 0.25) is 0 Å². The fourth-order valence-electron chi connectivity index (χ4n) is 2.15. The number of carbonyl (C=O) groups excluding carboxylic acids is 1. The maximum Gasteiger partial charge on any atom is 0.333 e. The van der Waals surface area contributed by atoms with E-state index in [1.807, 2.05) is 6.92 Å². The van der Waals surface area contributed by atoms with E-state index in [0.29, 0.717) is 5.57 Å². The van der Waals surface area contributed by atoms with Crippen LogP contribution >= 0.6 is 0 Å². The van der Waals surface area contributed by atoms with Crippen LogP contribution in [-0.4, -0.2) is 25.8 Å². The van der Waals surface area contributed by atoms with Crippen LogP contribution in [-0.2, 0) is 14.3 Å². The van der Waals surface area contributed by atoms with Gasteiger partial charge in [0.25, 0.3) is 0 Å². The molecule has 2 atom stereocenters. The first-order chi connectivity index (χ1) is 7.19. The van der Waals surface area contributed by atoms with Crippen molar-refractivity contribution in [2.45, 2.75) is 38.7 Å². The Kier molecular flexibility index (Phi) is 4.82. The van der Waals surface area contributed by atoms with E-state index >= 15 is 0 Å². The van der Waals surface area contributed by atoms with E-state index in [0.717, 1.165) is 32.3 Å². The lowest BCUT2D eigenvalue weighted by Crippen LogP contribution is -2.26. The normalized spacial score (nSPS) is 26.0. The van der Waals surface area contributed by atoms with Crippen molar-refractivity contribution >= 4 is 5.97 Å². The summed E-state index contributed by atoms with van der Waals surface area (Å²) in [6, 6.07) is 0. The lowest BCUT2D eigenvalue weighted by molar-refractivity contribution is -0.137. The van der Waals surface area contributed by atoms with Gasteiger partial charge in [0.1, 0.15) is 0 Å². The number of hydrogen-bond donors (Lipinski definition) is 0. The number of ether oxygens (including phenoxy) is 2. The quantitative estimate of drug-likeness (QED) is 0.530. The highest BCUT2D eigenvalue weighted by atomic mass is 16.5. The van der Waals surface area contributed by atoms with Crippen LogP contribution in [0.4, 0.5) is 0 Å². The number of carbonyl (C=O) groups is 1. The summed E-state index contributed by atoms with van der Waals surface area (Å²) in [6.45, 7) is 6.55. The van der Waals surface area contributed by atoms with Gasteiger partial charge < -0.3 is 9.47 Å². The van der Waals surface area contributed by atoms with Gasteiger partial charge in [0, 0.05) is 12.2 Å². The average Bonchev–Trinajstić information content (AvgIpc) is 2.28. The van der Waals surface area contributed by atoms with E-state index in [4.69, 9.17) is 4.74 Å². The monoisotopic (exact) mass is 212 g/mol. The van der Waals surface area contributed by atoms with Crippen molar-refractivity contribution in [1.29, 1.82) is 0 Å². The SMILES string of the molecule is C=C(C(=O)OC)C1CCCC(OCC)C1. The number of hydrogen-bond acceptors (Lipinski definition) is 3. The summed E-state index contributed by atoms with van der Waals surface area (Å²) in [5.74, 6) is -0.0418. The molecule has 0 amide bonds. The first kappa shape index (κ1) is 12.2. The lowest BCUT2D eigenvalue weighted by atomic mass is 9.82. The van der Waals surface area contributed by atoms with Crippen molar-refractivity contribution in [1.82, 2.24) is 0 Å². The molecule has 0 saturated heterocycles. The van der Waals surface area contributed by atoms with E-state index in [1.165, 1.54) is 7.11 Å². The van der Waals surface area contributed by atoms with Gasteiger partial charge in [-0.1, -0.05) is 13.0 Å². The molecule has 3 heteroatoms. The Morgan fingerprint density at radius 3 is 2.80 bits per heavy atom. The Bertz CT molecular complexity index is 233. The van der Waals surface area contributed by atoms with Gasteiger partial charge in [-0.25, -0.2) is 4.79 Å². The molecule has 1 fully saturated rings. The summed E-state index contributed by atoms with van der Waals surface area (Å²) in [5, 5.41) is 0. The van der Waals surface area contributed by atoms with Crippen LogP contribution in [0.3, 0.4) is 0 Å². The summed E-state index contributed by atoms with van der Waals surface area (Å²) in [5.41, 5.74) is 0.599. The molecule has 0 N–H and O–H groups in total. The average molecular weight is 212 g/mol. The zero-order valence-electron chi connectivity index (χ0n) is 9.62. The van der Waals surface area contributed by atoms with Crippen LogP contribution in [0.25, 0.3) is 0 Å². The zero-order valence-corrected chi connectivity index (χ0v) is 9.62. The molecule has 0 aromatic rings. The molecular formula is C12H20O3. The molecule has 1 aliphatic carbocycles. The summed E-state index contributed by atoms with van der Waals surface area (Å²) in [7, 11) is 1.40. The smallest absolute Gasteiger partial charge is 0.333 e. The molecular weight excluding hydrogens is 192 g/mol. The first-order valence-corrected chi connectivity index (χ1v) is 5.57. The highest BCUT2D eigenvalue weighted by Gasteiger charge is 2.27. The first-order valence-electron chi connectivity index (χ1n) is 5.57. The molecule has 0 radical (unpaired) electrons. The van der Waals surface area contributed by atoms with Gasteiger partial charge in [-0.15, -0.1) is 0 Å². The van der Waals surface area contributed by atoms with Gasteiger partial charge >= 0.3 is 5.97 Å². The van der Waals surface area contributed by atoms with Gasteiger partial charge in [-0.05, 0) is 32.1 Å². The Morgan fingerprint density at radius 2 is 2.20 bits per heavy atom. The van der Waals surface area contributed by atoms with Crippen molar-refractivity contribution in [3.63, 3.8) is 0 Å². The number of methoxy groups -OCH3 is 1. The highest BCUT2D eigenvalue weighted by molar-refractivity contribution is 5.88. The zero-order chi connectivity index (χ0) is 11.3. The lowest BCUT2D eigenvalue weighted by Gasteiger charge is -2.29. The molecule has 2 unspecified atom stereocenters. The topological polar surface area (TPSA) is 35.5 Å². The van der Waals surface area contributed by atoms with E-state index in [1.54, 1.807) is 0 Å². The summed E-state index contributed by atoms with van der Waals surface area (Å²) >= 11 is 0. The molecule has 0 aromatic heterocycles. The molecule has 0 spiro atoms. The van der Waals surface area contributed by atoms with Gasteiger partial charge in [0.2, 0.25) is 0 Å². The van der Waals surface area contributed by atoms with Crippen molar-refractivity contribution in [3.8, 4) is 0 Å². The van der Waals surface area contributed by atoms with Crippen LogP contribution in [0.1, 0.15) is 32.6 Å². The fraction of sp³-hybridized carbons (Fsp3) is 0.750. The second kappa shape index (κ2) is 5.91. The standard InChI is InChI=1S/C12H20O3/c1-4-15-11-7-5-6-10(8-11)9(2)12(13)14-3/h10-11H,2,4-8H2,1,3H3. The summed E-state index contributed by atoms with van der Waals surface area (Å²) in [6.07, 6.45) is 4.42. The third kappa shape index (κ3) is 3.34. The van der Waals surface area contributed by atoms with Crippen LogP contribution in [0.5, 0.6) is 0 Å². The Balaban J connectivity index is 2.48. The molecule has 1 rings (SSSR count). The van der Waals surface area contributed by atoms with Crippen molar-refractivity contribution in [2.75, 3.05) is 13.7 Å². The third-order valence-electron chi connectivity index (χ3n) is 2.97. The molecule has 0 aromatic carbocycles. The van der Waals surface area contributed by atoms with Crippen molar-refractivity contribution in [3.05, 3.63) is 12.2 Å². The van der Waals surface area contributed by atoms with Gasteiger partial charge in [0.15, 0.2) is 0 Å². The summed E-state index contributed by atoms with van der Waals surface area (Å²) < 4.78 is 10.3. The largest absolute Gasteiger partial charge is 0.466 e. The van der Waals surface area contributed by atoms with E-state index < -0.39 is 0 Å². The highest BCUT2D eigenvalue weighted by Crippen LogP contribution is 2.31. The molecule has 3 nitrogen and oxygen atoms in total. The molecule has 15 heavy (non-hydrogen) atoms. The van der Waals surface area contributed by atoms with Crippen LogP contribution in [0.15, 0.2) is 12.2 Å². The minimum Gasteiger partial charge on any atom is -0.466 e. The van der Waals surface area contributed by atoms with E-state index in [-0.39, 0.29) is 18.0 Å². The second-order valence-electron chi connectivity index (χ2n) is 3.96. The maximum atomic E-state index is 11.3. The third-order valence-corrected chi connectivity index (χ3v) is 2.97. The molecule has 1 aliphatic rings. The molecule has 0 aliphatic heterocycles. The van der Waals surface area contributed by atoms with Gasteiger partial charge in [-0.2, -0.15) is 0 Å². The van der Waals surface area contributed by atoms with Crippen LogP contribution in [0, 0.1) is 5.92 Å². The molecule has 1 saturated carbocycles. The van der Waals surface area contributed by atoms with Crippen molar-refractivity contribution in [2.24, 2.45) is 5.92 Å². The summed E-state index contributed by atoms with van der Waals surface area (Å²) in [4.78, 5) is 11.3. The number of rotatable bonds is 4. The predicted molar refractivity (Wildman–Crippen MR) is 58.5 cm³/mol. The van der Waals surface area contributed by atoms with E-state index in [2.05, 4.69) is 11.3 Å².